The summed E-state index contributed by atoms with van der Waals surface area (Å²) in [5.41, 5.74) is 0.689. The lowest BCUT2D eigenvalue weighted by molar-refractivity contribution is 0.0195. The minimum Gasteiger partial charge on any atom is -0.496 e. The van der Waals surface area contributed by atoms with Crippen LogP contribution in [0.25, 0.3) is 0 Å². The van der Waals surface area contributed by atoms with Crippen molar-refractivity contribution in [2.45, 2.75) is 38.8 Å². The van der Waals surface area contributed by atoms with Gasteiger partial charge in [-0.1, -0.05) is 18.2 Å². The fraction of sp³-hybridized carbons (Fsp3) is 0.588. The summed E-state index contributed by atoms with van der Waals surface area (Å²) < 4.78 is 10.8. The van der Waals surface area contributed by atoms with Crippen molar-refractivity contribution in [1.82, 2.24) is 10.2 Å². The highest BCUT2D eigenvalue weighted by atomic mass is 16.6. The van der Waals surface area contributed by atoms with Gasteiger partial charge < -0.3 is 19.7 Å². The number of amides is 1. The van der Waals surface area contributed by atoms with Crippen LogP contribution in [0, 0.1) is 0 Å². The van der Waals surface area contributed by atoms with Crippen molar-refractivity contribution in [3.05, 3.63) is 29.8 Å². The molecule has 5 nitrogen and oxygen atoms in total. The standard InChI is InChI=1S/C17H26N2O3/c1-17(2,3)22-16(20)19-10-9-18-14(12-19)11-13-7-5-6-8-15(13)21-4/h5-8,14,18H,9-12H2,1-4H3/t14-/m1/s1. The van der Waals surface area contributed by atoms with E-state index in [-0.39, 0.29) is 12.1 Å². The normalized spacial score (nSPS) is 18.9. The lowest BCUT2D eigenvalue weighted by Gasteiger charge is -2.35. The molecule has 1 saturated heterocycles. The molecule has 5 heteroatoms. The van der Waals surface area contributed by atoms with Crippen molar-refractivity contribution in [3.63, 3.8) is 0 Å². The van der Waals surface area contributed by atoms with Crippen molar-refractivity contribution in [2.24, 2.45) is 0 Å². The maximum absolute atomic E-state index is 12.2. The first kappa shape index (κ1) is 16.6. The smallest absolute Gasteiger partial charge is 0.410 e. The second kappa shape index (κ2) is 7.01. The Labute approximate surface area is 132 Å². The lowest BCUT2D eigenvalue weighted by atomic mass is 10.0. The molecule has 0 radical (unpaired) electrons. The van der Waals surface area contributed by atoms with Crippen LogP contribution in [-0.2, 0) is 11.2 Å². The van der Waals surface area contributed by atoms with Crippen molar-refractivity contribution < 1.29 is 14.3 Å². The fourth-order valence-corrected chi connectivity index (χ4v) is 2.59. The van der Waals surface area contributed by atoms with E-state index in [9.17, 15) is 4.79 Å². The Hall–Kier alpha value is -1.75. The molecule has 0 spiro atoms. The molecule has 2 rings (SSSR count). The molecule has 1 aliphatic rings. The summed E-state index contributed by atoms with van der Waals surface area (Å²) in [6.07, 6.45) is 0.586. The topological polar surface area (TPSA) is 50.8 Å². The molecule has 1 amide bonds. The van der Waals surface area contributed by atoms with Crippen LogP contribution < -0.4 is 10.1 Å². The van der Waals surface area contributed by atoms with Gasteiger partial charge in [0, 0.05) is 25.7 Å². The number of ether oxygens (including phenoxy) is 2. The molecule has 122 valence electrons. The molecule has 0 saturated carbocycles. The Morgan fingerprint density at radius 1 is 1.36 bits per heavy atom. The molecule has 0 unspecified atom stereocenters. The van der Waals surface area contributed by atoms with Crippen LogP contribution in [0.2, 0.25) is 0 Å². The first-order valence-electron chi connectivity index (χ1n) is 7.72. The van der Waals surface area contributed by atoms with Gasteiger partial charge in [-0.3, -0.25) is 0 Å². The van der Waals surface area contributed by atoms with Gasteiger partial charge in [-0.25, -0.2) is 4.79 Å². The van der Waals surface area contributed by atoms with Gasteiger partial charge in [0.2, 0.25) is 0 Å². The largest absolute Gasteiger partial charge is 0.496 e. The summed E-state index contributed by atoms with van der Waals surface area (Å²) in [7, 11) is 1.68. The number of hydrogen-bond donors (Lipinski definition) is 1. The monoisotopic (exact) mass is 306 g/mol. The Kier molecular flexibility index (Phi) is 5.29. The average Bonchev–Trinajstić information content (AvgIpc) is 2.46. The molecule has 22 heavy (non-hydrogen) atoms. The van der Waals surface area contributed by atoms with Crippen LogP contribution in [0.5, 0.6) is 5.75 Å². The SMILES string of the molecule is COc1ccccc1C[C@@H]1CN(C(=O)OC(C)(C)C)CCN1. The van der Waals surface area contributed by atoms with E-state index in [2.05, 4.69) is 11.4 Å². The number of rotatable bonds is 3. The number of hydrogen-bond acceptors (Lipinski definition) is 4. The molecule has 0 bridgehead atoms. The first-order valence-corrected chi connectivity index (χ1v) is 7.72. The zero-order chi connectivity index (χ0) is 16.2. The average molecular weight is 306 g/mol. The molecule has 1 fully saturated rings. The maximum Gasteiger partial charge on any atom is 0.410 e. The lowest BCUT2D eigenvalue weighted by Crippen LogP contribution is -2.54. The van der Waals surface area contributed by atoms with Crippen LogP contribution in [0.15, 0.2) is 24.3 Å². The number of nitrogens with zero attached hydrogens (tertiary/aromatic N) is 1. The summed E-state index contributed by atoms with van der Waals surface area (Å²) in [6, 6.07) is 8.20. The van der Waals surface area contributed by atoms with Crippen molar-refractivity contribution in [1.29, 1.82) is 0 Å². The zero-order valence-corrected chi connectivity index (χ0v) is 13.9. The fourth-order valence-electron chi connectivity index (χ4n) is 2.59. The Bertz CT molecular complexity index is 511. The van der Waals surface area contributed by atoms with Crippen LogP contribution in [0.4, 0.5) is 4.79 Å². The molecule has 0 aromatic heterocycles. The quantitative estimate of drug-likeness (QED) is 0.932. The van der Waals surface area contributed by atoms with E-state index >= 15 is 0 Å². The summed E-state index contributed by atoms with van der Waals surface area (Å²) in [6.45, 7) is 7.77. The van der Waals surface area contributed by atoms with Gasteiger partial charge in [0.1, 0.15) is 11.4 Å². The molecule has 1 aromatic carbocycles. The summed E-state index contributed by atoms with van der Waals surface area (Å²) in [5, 5.41) is 3.46. The third-order valence-corrected chi connectivity index (χ3v) is 3.57. The van der Waals surface area contributed by atoms with E-state index in [1.807, 2.05) is 39.0 Å². The number of para-hydroxylation sites is 1. The van der Waals surface area contributed by atoms with E-state index < -0.39 is 5.60 Å². The van der Waals surface area contributed by atoms with Crippen LogP contribution in [-0.4, -0.2) is 49.4 Å². The number of methoxy groups -OCH3 is 1. The maximum atomic E-state index is 12.2. The molecule has 1 aliphatic heterocycles. The van der Waals surface area contributed by atoms with Crippen LogP contribution in [0.3, 0.4) is 0 Å². The minimum absolute atomic E-state index is 0.206. The molecular weight excluding hydrogens is 280 g/mol. The number of piperazine rings is 1. The van der Waals surface area contributed by atoms with Crippen LogP contribution >= 0.6 is 0 Å². The van der Waals surface area contributed by atoms with Gasteiger partial charge in [0.25, 0.3) is 0 Å². The Balaban J connectivity index is 1.97. The van der Waals surface area contributed by atoms with Gasteiger partial charge in [0.15, 0.2) is 0 Å². The zero-order valence-electron chi connectivity index (χ0n) is 13.9. The summed E-state index contributed by atoms with van der Waals surface area (Å²) >= 11 is 0. The Morgan fingerprint density at radius 2 is 2.09 bits per heavy atom. The number of nitrogens with one attached hydrogen (secondary N) is 1. The second-order valence-corrected chi connectivity index (χ2v) is 6.59. The van der Waals surface area contributed by atoms with Gasteiger partial charge in [-0.2, -0.15) is 0 Å². The molecule has 1 aromatic rings. The van der Waals surface area contributed by atoms with Crippen molar-refractivity contribution >= 4 is 6.09 Å². The number of carbonyl (C=O) groups is 1. The molecular formula is C17H26N2O3. The highest BCUT2D eigenvalue weighted by Crippen LogP contribution is 2.20. The number of carbonyl (C=O) groups excluding carboxylic acids is 1. The highest BCUT2D eigenvalue weighted by molar-refractivity contribution is 5.68. The van der Waals surface area contributed by atoms with E-state index in [0.29, 0.717) is 13.1 Å². The summed E-state index contributed by atoms with van der Waals surface area (Å²) in [4.78, 5) is 14.0. The van der Waals surface area contributed by atoms with Gasteiger partial charge in [-0.05, 0) is 38.8 Å². The van der Waals surface area contributed by atoms with Crippen LogP contribution in [0.1, 0.15) is 26.3 Å². The second-order valence-electron chi connectivity index (χ2n) is 6.59. The predicted molar refractivity (Wildman–Crippen MR) is 86.3 cm³/mol. The van der Waals surface area contributed by atoms with Gasteiger partial charge >= 0.3 is 6.09 Å². The van der Waals surface area contributed by atoms with Crippen molar-refractivity contribution in [3.8, 4) is 5.75 Å². The highest BCUT2D eigenvalue weighted by Gasteiger charge is 2.27. The minimum atomic E-state index is -0.458. The predicted octanol–water partition coefficient (Wildman–Crippen LogP) is 2.45. The van der Waals surface area contributed by atoms with Crippen molar-refractivity contribution in [2.75, 3.05) is 26.7 Å². The van der Waals surface area contributed by atoms with Gasteiger partial charge in [0.05, 0.1) is 7.11 Å². The molecule has 0 aliphatic carbocycles. The Morgan fingerprint density at radius 3 is 2.77 bits per heavy atom. The van der Waals surface area contributed by atoms with E-state index in [1.54, 1.807) is 12.0 Å². The number of benzene rings is 1. The van der Waals surface area contributed by atoms with E-state index in [4.69, 9.17) is 9.47 Å². The van der Waals surface area contributed by atoms with E-state index in [0.717, 1.165) is 24.3 Å². The third-order valence-electron chi connectivity index (χ3n) is 3.57. The molecule has 1 atom stereocenters. The van der Waals surface area contributed by atoms with Gasteiger partial charge in [-0.15, -0.1) is 0 Å². The third kappa shape index (κ3) is 4.63. The summed E-state index contributed by atoms with van der Waals surface area (Å²) in [5.74, 6) is 0.888. The molecule has 1 N–H and O–H groups in total. The first-order chi connectivity index (χ1) is 10.4. The molecule has 1 heterocycles. The van der Waals surface area contributed by atoms with E-state index in [1.165, 1.54) is 0 Å².